The van der Waals surface area contributed by atoms with Crippen LogP contribution in [0.3, 0.4) is 0 Å². The van der Waals surface area contributed by atoms with E-state index in [0.29, 0.717) is 37.7 Å². The van der Waals surface area contributed by atoms with Crippen LogP contribution in [0.25, 0.3) is 0 Å². The summed E-state index contributed by atoms with van der Waals surface area (Å²) in [6.45, 7) is 1.85. The molecule has 1 aliphatic heterocycles. The van der Waals surface area contributed by atoms with Crippen molar-refractivity contribution in [3.63, 3.8) is 0 Å². The molecule has 1 amide bonds. The molecule has 3 nitrogen and oxygen atoms in total. The van der Waals surface area contributed by atoms with Gasteiger partial charge in [-0.15, -0.1) is 0 Å². The lowest BCUT2D eigenvalue weighted by Gasteiger charge is -2.04. The van der Waals surface area contributed by atoms with Crippen molar-refractivity contribution >= 4 is 57.8 Å². The molecule has 0 fully saturated rings. The minimum Gasteiger partial charge on any atom is -0.320 e. The van der Waals surface area contributed by atoms with Crippen molar-refractivity contribution in [1.29, 1.82) is 0 Å². The number of fused-ring (bicyclic) bond motifs is 1. The fraction of sp³-hybridized carbons (Fsp3) is 0.0667. The average Bonchev–Trinajstić information content (AvgIpc) is 2.75. The summed E-state index contributed by atoms with van der Waals surface area (Å²) in [6.07, 6.45) is 0. The van der Waals surface area contributed by atoms with Gasteiger partial charge in [0, 0.05) is 15.6 Å². The van der Waals surface area contributed by atoms with Gasteiger partial charge in [-0.3, -0.25) is 4.79 Å². The van der Waals surface area contributed by atoms with Crippen molar-refractivity contribution in [2.75, 3.05) is 5.32 Å². The fourth-order valence-electron chi connectivity index (χ4n) is 2.14. The summed E-state index contributed by atoms with van der Waals surface area (Å²) in [6, 6.07) is 8.45. The van der Waals surface area contributed by atoms with E-state index in [2.05, 4.69) is 10.3 Å². The molecule has 0 atom stereocenters. The van der Waals surface area contributed by atoms with E-state index < -0.39 is 0 Å². The van der Waals surface area contributed by atoms with E-state index in [4.69, 9.17) is 34.8 Å². The minimum absolute atomic E-state index is 0.276. The van der Waals surface area contributed by atoms with Crippen molar-refractivity contribution < 1.29 is 4.79 Å². The number of nitrogens with zero attached hydrogens (tertiary/aromatic N) is 1. The van der Waals surface area contributed by atoms with E-state index in [1.807, 2.05) is 6.92 Å². The molecule has 21 heavy (non-hydrogen) atoms. The maximum absolute atomic E-state index is 12.1. The number of amides is 1. The van der Waals surface area contributed by atoms with Crippen LogP contribution in [0.1, 0.15) is 11.1 Å². The molecule has 0 spiro atoms. The van der Waals surface area contributed by atoms with E-state index in [9.17, 15) is 4.79 Å². The van der Waals surface area contributed by atoms with Crippen molar-refractivity contribution in [3.8, 4) is 0 Å². The number of anilines is 1. The van der Waals surface area contributed by atoms with Gasteiger partial charge >= 0.3 is 0 Å². The number of nitrogens with one attached hydrogen (secondary N) is 1. The topological polar surface area (TPSA) is 41.5 Å². The number of benzene rings is 2. The summed E-state index contributed by atoms with van der Waals surface area (Å²) in [4.78, 5) is 16.5. The third-order valence-electron chi connectivity index (χ3n) is 3.25. The zero-order valence-corrected chi connectivity index (χ0v) is 13.1. The number of hydrogen-bond donors (Lipinski definition) is 1. The first-order chi connectivity index (χ1) is 9.97. The second-order valence-corrected chi connectivity index (χ2v) is 5.86. The molecular formula is C15H9Cl3N2O. The van der Waals surface area contributed by atoms with Gasteiger partial charge in [-0.1, -0.05) is 34.8 Å². The molecule has 0 saturated carbocycles. The Morgan fingerprint density at radius 1 is 1.05 bits per heavy atom. The quantitative estimate of drug-likeness (QED) is 0.778. The van der Waals surface area contributed by atoms with Crippen LogP contribution < -0.4 is 5.32 Å². The van der Waals surface area contributed by atoms with Crippen LogP contribution in [0.5, 0.6) is 0 Å². The molecule has 1 heterocycles. The number of carbonyl (C=O) groups excluding carboxylic acids is 1. The summed E-state index contributed by atoms with van der Waals surface area (Å²) >= 11 is 18.0. The summed E-state index contributed by atoms with van der Waals surface area (Å²) in [5, 5.41) is 4.29. The van der Waals surface area contributed by atoms with Gasteiger partial charge in [0.1, 0.15) is 5.71 Å². The minimum atomic E-state index is -0.276. The lowest BCUT2D eigenvalue weighted by atomic mass is 10.1. The Balaban J connectivity index is 2.15. The van der Waals surface area contributed by atoms with Crippen LogP contribution in [0.2, 0.25) is 15.1 Å². The third kappa shape index (κ3) is 2.53. The molecule has 3 rings (SSSR count). The summed E-state index contributed by atoms with van der Waals surface area (Å²) < 4.78 is 0. The third-order valence-corrected chi connectivity index (χ3v) is 4.20. The highest BCUT2D eigenvalue weighted by molar-refractivity contribution is 6.54. The molecule has 6 heteroatoms. The Morgan fingerprint density at radius 3 is 2.52 bits per heavy atom. The van der Waals surface area contributed by atoms with Gasteiger partial charge in [0.25, 0.3) is 5.91 Å². The molecule has 0 unspecified atom stereocenters. The van der Waals surface area contributed by atoms with Gasteiger partial charge < -0.3 is 5.32 Å². The number of halogens is 3. The van der Waals surface area contributed by atoms with Gasteiger partial charge in [-0.05, 0) is 42.8 Å². The van der Waals surface area contributed by atoms with Gasteiger partial charge in [-0.2, -0.15) is 0 Å². The van der Waals surface area contributed by atoms with Gasteiger partial charge in [0.2, 0.25) is 0 Å². The second kappa shape index (κ2) is 5.34. The first kappa shape index (κ1) is 14.4. The van der Waals surface area contributed by atoms with E-state index in [0.717, 1.165) is 5.56 Å². The molecule has 0 aliphatic carbocycles. The zero-order chi connectivity index (χ0) is 15.1. The monoisotopic (exact) mass is 338 g/mol. The highest BCUT2D eigenvalue weighted by Crippen LogP contribution is 2.34. The van der Waals surface area contributed by atoms with E-state index in [1.165, 1.54) is 0 Å². The molecule has 0 bridgehead atoms. The molecule has 1 aliphatic rings. The smallest absolute Gasteiger partial charge is 0.275 e. The summed E-state index contributed by atoms with van der Waals surface area (Å²) in [5.74, 6) is -0.276. The first-order valence-electron chi connectivity index (χ1n) is 6.12. The van der Waals surface area contributed by atoms with Crippen molar-refractivity contribution in [2.45, 2.75) is 6.92 Å². The Morgan fingerprint density at radius 2 is 1.81 bits per heavy atom. The normalized spacial score (nSPS) is 15.2. The van der Waals surface area contributed by atoms with Crippen LogP contribution in [0.4, 0.5) is 11.4 Å². The van der Waals surface area contributed by atoms with Crippen LogP contribution in [0.15, 0.2) is 35.3 Å². The highest BCUT2D eigenvalue weighted by atomic mass is 35.5. The van der Waals surface area contributed by atoms with E-state index >= 15 is 0 Å². The predicted molar refractivity (Wildman–Crippen MR) is 87.5 cm³/mol. The van der Waals surface area contributed by atoms with Crippen molar-refractivity contribution in [2.24, 2.45) is 4.99 Å². The number of carbonyl (C=O) groups is 1. The van der Waals surface area contributed by atoms with Gasteiger partial charge in [-0.25, -0.2) is 4.99 Å². The summed E-state index contributed by atoms with van der Waals surface area (Å²) in [7, 11) is 0. The molecule has 106 valence electrons. The molecule has 0 radical (unpaired) electrons. The number of hydrogen-bond acceptors (Lipinski definition) is 2. The number of aliphatic imine (C=N–C) groups is 1. The number of rotatable bonds is 1. The van der Waals surface area contributed by atoms with Crippen LogP contribution >= 0.6 is 34.8 Å². The van der Waals surface area contributed by atoms with Gasteiger partial charge in [0.15, 0.2) is 0 Å². The Labute approximate surface area is 136 Å². The molecule has 0 aromatic heterocycles. The SMILES string of the molecule is Cc1c(Cl)ccc2c1NC(=O)C2=Nc1ccc(Cl)cc1Cl. The fourth-order valence-corrected chi connectivity index (χ4v) is 2.75. The molecule has 0 saturated heterocycles. The lowest BCUT2D eigenvalue weighted by molar-refractivity contribution is -0.110. The van der Waals surface area contributed by atoms with E-state index in [-0.39, 0.29) is 5.91 Å². The molecular weight excluding hydrogens is 331 g/mol. The van der Waals surface area contributed by atoms with Crippen molar-refractivity contribution in [3.05, 3.63) is 56.5 Å². The molecule has 2 aromatic carbocycles. The maximum Gasteiger partial charge on any atom is 0.275 e. The summed E-state index contributed by atoms with van der Waals surface area (Å²) in [5.41, 5.74) is 3.03. The Hall–Kier alpha value is -1.55. The van der Waals surface area contributed by atoms with Gasteiger partial charge in [0.05, 0.1) is 16.4 Å². The van der Waals surface area contributed by atoms with Crippen molar-refractivity contribution in [1.82, 2.24) is 0 Å². The molecule has 2 aromatic rings. The predicted octanol–water partition coefficient (Wildman–Crippen LogP) is 5.03. The Bertz CT molecular complexity index is 800. The van der Waals surface area contributed by atoms with Crippen LogP contribution in [-0.4, -0.2) is 11.6 Å². The van der Waals surface area contributed by atoms with E-state index in [1.54, 1.807) is 30.3 Å². The van der Waals surface area contributed by atoms with Crippen LogP contribution in [0, 0.1) is 6.92 Å². The van der Waals surface area contributed by atoms with Crippen LogP contribution in [-0.2, 0) is 4.79 Å². The lowest BCUT2D eigenvalue weighted by Crippen LogP contribution is -2.14. The first-order valence-corrected chi connectivity index (χ1v) is 7.25. The Kier molecular flexibility index (Phi) is 3.66. The highest BCUT2D eigenvalue weighted by Gasteiger charge is 2.28. The largest absolute Gasteiger partial charge is 0.320 e. The maximum atomic E-state index is 12.1. The molecule has 1 N–H and O–H groups in total. The zero-order valence-electron chi connectivity index (χ0n) is 10.9. The average molecular weight is 340 g/mol. The standard InChI is InChI=1S/C15H9Cl3N2O/c1-7-10(17)4-3-9-13(7)20-15(21)14(9)19-12-5-2-8(16)6-11(12)18/h2-6H,1H3,(H,19,20,21). The second-order valence-electron chi connectivity index (χ2n) is 4.61.